The quantitative estimate of drug-likeness (QED) is 0.0990. The van der Waals surface area contributed by atoms with E-state index in [-0.39, 0.29) is 112 Å². The fraction of sp³-hybridized carbons (Fsp3) is 0.267. The summed E-state index contributed by atoms with van der Waals surface area (Å²) in [7, 11) is 0. The first-order valence-electron chi connectivity index (χ1n) is 25.5. The molecule has 0 unspecified atom stereocenters. The number of quaternary nitrogens is 1. The van der Waals surface area contributed by atoms with Crippen molar-refractivity contribution in [1.82, 2.24) is 0 Å². The molecule has 0 bridgehead atoms. The molecule has 0 atom stereocenters. The first-order valence-corrected chi connectivity index (χ1v) is 26.7. The van der Waals surface area contributed by atoms with Crippen LogP contribution >= 0.6 is 11.8 Å². The summed E-state index contributed by atoms with van der Waals surface area (Å²) in [6, 6.07) is 8.41. The highest BCUT2D eigenvalue weighted by Gasteiger charge is 2.52. The van der Waals surface area contributed by atoms with Gasteiger partial charge in [0.15, 0.2) is 0 Å². The maximum Gasteiger partial charge on any atom is 0.416 e. The van der Waals surface area contributed by atoms with Gasteiger partial charge in [0.2, 0.25) is 0 Å². The van der Waals surface area contributed by atoms with Gasteiger partial charge in [-0.25, -0.2) is 0 Å². The Bertz CT molecular complexity index is 3540. The lowest BCUT2D eigenvalue weighted by Crippen LogP contribution is -3.00. The zero-order valence-electron chi connectivity index (χ0n) is 44.1. The third-order valence-corrected chi connectivity index (χ3v) is 16.7. The van der Waals surface area contributed by atoms with Crippen molar-refractivity contribution >= 4 is 33.3 Å². The van der Waals surface area contributed by atoms with Gasteiger partial charge in [-0.3, -0.25) is 0 Å². The van der Waals surface area contributed by atoms with Gasteiger partial charge in [-0.15, -0.1) is 0 Å². The minimum absolute atomic E-state index is 0. The first-order chi connectivity index (χ1) is 40.3. The number of hydrogen-bond acceptors (Lipinski definition) is 3. The predicted octanol–water partition coefficient (Wildman–Crippen LogP) is 16.0. The number of benzene rings is 8. The van der Waals surface area contributed by atoms with Crippen LogP contribution in [0, 0.1) is 0 Å². The molecule has 1 fully saturated rings. The number of rotatable bonds is 6. The topological polar surface area (TPSA) is 40.5 Å². The number of thioether (sulfide) groups is 1. The molecule has 0 amide bonds. The second kappa shape index (κ2) is 22.0. The van der Waals surface area contributed by atoms with Crippen LogP contribution in [0.4, 0.5) is 105 Å². The summed E-state index contributed by atoms with van der Waals surface area (Å²) >= 11 is 1.21. The van der Waals surface area contributed by atoms with Crippen LogP contribution < -0.4 is 17.0 Å². The van der Waals surface area contributed by atoms with Crippen LogP contribution in [0.2, 0.25) is 0 Å². The molecule has 0 aliphatic carbocycles. The third-order valence-electron chi connectivity index (χ3n) is 15.8. The SMILES string of the molecule is OC(c1cc(C(F)(F)F)cc(C(F)(F)F)c1)(c1cc(C(F)(F)F)cc(C(F)(F)F)c1)c1cc2ccccc2c2c1C[N+]1(CCSCC1)Cc1c(C(O)(c3cc(C(F)(F)F)cc(C(F)(F)F)c3)c3cc(C(F)(F)F)cc(C(F)(F)F)c3)cc3ccccc3c1-2.[Br-]. The van der Waals surface area contributed by atoms with Crippen molar-refractivity contribution in [2.24, 2.45) is 0 Å². The van der Waals surface area contributed by atoms with E-state index in [9.17, 15) is 116 Å². The largest absolute Gasteiger partial charge is 1.00 e. The van der Waals surface area contributed by atoms with Gasteiger partial charge in [-0.05, 0) is 140 Å². The van der Waals surface area contributed by atoms with Gasteiger partial charge in [0.25, 0.3) is 0 Å². The zero-order valence-corrected chi connectivity index (χ0v) is 46.5. The summed E-state index contributed by atoms with van der Waals surface area (Å²) in [5.74, 6) is 0.0304. The summed E-state index contributed by atoms with van der Waals surface area (Å²) < 4.78 is 358. The van der Waals surface area contributed by atoms with E-state index in [0.29, 0.717) is 0 Å². The van der Waals surface area contributed by atoms with Crippen molar-refractivity contribution in [3.05, 3.63) is 222 Å². The number of nitrogens with zero attached hydrogens (tertiary/aromatic N) is 1. The second-order valence-electron chi connectivity index (χ2n) is 21.3. The Hall–Kier alpha value is -6.69. The summed E-state index contributed by atoms with van der Waals surface area (Å²) in [5, 5.41) is 26.7. The Labute approximate surface area is 500 Å². The van der Waals surface area contributed by atoms with Crippen molar-refractivity contribution in [2.75, 3.05) is 24.6 Å². The van der Waals surface area contributed by atoms with Crippen LogP contribution in [0.25, 0.3) is 32.7 Å². The molecule has 2 N–H and O–H groups in total. The zero-order chi connectivity index (χ0) is 64.7. The molecule has 29 heteroatoms. The smallest absolute Gasteiger partial charge is 0.416 e. The highest BCUT2D eigenvalue weighted by Crippen LogP contribution is 2.56. The minimum atomic E-state index is -5.82. The lowest BCUT2D eigenvalue weighted by atomic mass is 9.72. The number of alkyl halides is 24. The number of aliphatic hydroxyl groups is 2. The average Bonchev–Trinajstić information content (AvgIpc) is 1.70. The second-order valence-corrected chi connectivity index (χ2v) is 22.5. The molecule has 0 saturated carbocycles. The molecule has 3 nitrogen and oxygen atoms in total. The Morgan fingerprint density at radius 2 is 0.517 bits per heavy atom. The number of halogens is 25. The van der Waals surface area contributed by atoms with E-state index in [1.807, 2.05) is 0 Å². The summed E-state index contributed by atoms with van der Waals surface area (Å²) in [4.78, 5) is 0. The molecular weight excluding hydrogens is 1330 g/mol. The molecule has 2 aliphatic heterocycles. The number of hydrogen-bond donors (Lipinski definition) is 2. The molecule has 2 aliphatic rings. The lowest BCUT2D eigenvalue weighted by molar-refractivity contribution is -0.950. The van der Waals surface area contributed by atoms with E-state index in [0.717, 1.165) is 24.3 Å². The molecule has 1 spiro atoms. The molecule has 1 saturated heterocycles. The van der Waals surface area contributed by atoms with E-state index in [2.05, 4.69) is 0 Å². The lowest BCUT2D eigenvalue weighted by Gasteiger charge is -2.43. The predicted molar refractivity (Wildman–Crippen MR) is 272 cm³/mol. The van der Waals surface area contributed by atoms with E-state index < -0.39 is 203 Å². The third kappa shape index (κ3) is 12.4. The summed E-state index contributed by atoms with van der Waals surface area (Å²) in [5.41, 5.74) is -36.7. The highest BCUT2D eigenvalue weighted by molar-refractivity contribution is 7.99. The van der Waals surface area contributed by atoms with Crippen molar-refractivity contribution in [2.45, 2.75) is 73.7 Å². The number of fused-ring (bicyclic) bond motifs is 7. The molecule has 0 aromatic heterocycles. The van der Waals surface area contributed by atoms with E-state index in [1.165, 1.54) is 48.2 Å². The standard InChI is InChI=1S/C60H36F24NO2S.BrH/c61-53(62,63)35-15-31(16-36(23-35)54(64,65)66)51(86,32-17-37(55(67,68)69)24-38(18-32)56(70,71)72)47-13-29-5-1-3-7-43(29)49-45(47)27-85(9-11-88-12-10-85)28-46-48(14-30-6-2-4-8-44(30)50(46)49)52(87,33-19-39(57(73,74)75)25-40(20-33)58(76,77)78)34-21-41(59(79,80)81)26-42(22-34)60(82,83)84;/h1-8,13-26,86-87H,9-12,27-28H2;1H/q+1;/p-1. The van der Waals surface area contributed by atoms with Gasteiger partial charge >= 0.3 is 49.4 Å². The van der Waals surface area contributed by atoms with Gasteiger partial charge < -0.3 is 31.7 Å². The first kappa shape index (κ1) is 66.7. The molecule has 8 aromatic rings. The monoisotopic (exact) mass is 1370 g/mol. The molecule has 8 aromatic carbocycles. The van der Waals surface area contributed by atoms with Crippen molar-refractivity contribution < 1.29 is 137 Å². The highest BCUT2D eigenvalue weighted by atomic mass is 79.9. The van der Waals surface area contributed by atoms with Crippen LogP contribution in [0.3, 0.4) is 0 Å². The van der Waals surface area contributed by atoms with Crippen molar-refractivity contribution in [3.8, 4) is 11.1 Å². The van der Waals surface area contributed by atoms with Gasteiger partial charge in [0, 0.05) is 33.8 Å². The van der Waals surface area contributed by atoms with Crippen LogP contribution in [0.1, 0.15) is 89.0 Å². The van der Waals surface area contributed by atoms with Crippen LogP contribution in [0.15, 0.2) is 133 Å². The molecule has 474 valence electrons. The Kier molecular flexibility index (Phi) is 16.5. The van der Waals surface area contributed by atoms with Gasteiger partial charge in [-0.1, -0.05) is 48.5 Å². The van der Waals surface area contributed by atoms with Gasteiger partial charge in [0.05, 0.1) is 57.6 Å². The molecular formula is C60H36BrF24NO2S. The Balaban J connectivity index is 0.00000941. The molecule has 89 heavy (non-hydrogen) atoms. The van der Waals surface area contributed by atoms with Crippen LogP contribution in [-0.2, 0) is 73.7 Å². The maximum absolute atomic E-state index is 15.0. The Morgan fingerprint density at radius 1 is 0.303 bits per heavy atom. The fourth-order valence-corrected chi connectivity index (χ4v) is 12.9. The molecule has 10 rings (SSSR count). The fourth-order valence-electron chi connectivity index (χ4n) is 11.7. The van der Waals surface area contributed by atoms with E-state index in [4.69, 9.17) is 0 Å². The molecule has 2 heterocycles. The van der Waals surface area contributed by atoms with Crippen LogP contribution in [0.5, 0.6) is 0 Å². The van der Waals surface area contributed by atoms with Gasteiger partial charge in [0.1, 0.15) is 24.3 Å². The van der Waals surface area contributed by atoms with Gasteiger partial charge in [-0.2, -0.15) is 117 Å². The average molecular weight is 1370 g/mol. The van der Waals surface area contributed by atoms with Crippen molar-refractivity contribution in [1.29, 1.82) is 0 Å². The minimum Gasteiger partial charge on any atom is -1.00 e. The molecule has 0 radical (unpaired) electrons. The van der Waals surface area contributed by atoms with Crippen LogP contribution in [-0.4, -0.2) is 39.3 Å². The normalized spacial score (nSPS) is 15.7. The Morgan fingerprint density at radius 3 is 0.742 bits per heavy atom. The summed E-state index contributed by atoms with van der Waals surface area (Å²) in [6.45, 7) is -2.05. The van der Waals surface area contributed by atoms with E-state index >= 15 is 0 Å². The summed E-state index contributed by atoms with van der Waals surface area (Å²) in [6.07, 6.45) is -46.6. The van der Waals surface area contributed by atoms with E-state index in [1.54, 1.807) is 0 Å². The maximum atomic E-state index is 15.0. The van der Waals surface area contributed by atoms with Crippen molar-refractivity contribution in [3.63, 3.8) is 0 Å².